The molecule has 0 aliphatic rings. The molecule has 2 rings (SSSR count). The molecule has 0 bridgehead atoms. The van der Waals surface area contributed by atoms with Crippen LogP contribution in [0.25, 0.3) is 6.08 Å². The Labute approximate surface area is 242 Å². The lowest BCUT2D eigenvalue weighted by Crippen LogP contribution is -2.48. The van der Waals surface area contributed by atoms with Crippen LogP contribution in [0.5, 0.6) is 0 Å². The van der Waals surface area contributed by atoms with Crippen molar-refractivity contribution in [2.75, 3.05) is 0 Å². The predicted molar refractivity (Wildman–Crippen MR) is 136 cm³/mol. The lowest BCUT2D eigenvalue weighted by molar-refractivity contribution is -0.153. The number of amides is 2. The lowest BCUT2D eigenvalue weighted by Gasteiger charge is -2.21. The van der Waals surface area contributed by atoms with Gasteiger partial charge >= 0.3 is 18.5 Å². The monoisotopic (exact) mass is 656 g/mol. The van der Waals surface area contributed by atoms with Gasteiger partial charge < -0.3 is 10.6 Å². The maximum Gasteiger partial charge on any atom is 0.417 e. The van der Waals surface area contributed by atoms with Crippen LogP contribution in [0.15, 0.2) is 36.4 Å². The van der Waals surface area contributed by atoms with Crippen molar-refractivity contribution < 1.29 is 49.1 Å². The van der Waals surface area contributed by atoms with Crippen molar-refractivity contribution in [3.63, 3.8) is 0 Å². The van der Waals surface area contributed by atoms with Crippen LogP contribution in [0.3, 0.4) is 0 Å². The van der Waals surface area contributed by atoms with E-state index in [2.05, 4.69) is 0 Å². The van der Waals surface area contributed by atoms with E-state index in [1.165, 1.54) is 0 Å². The van der Waals surface area contributed by atoms with Gasteiger partial charge in [-0.1, -0.05) is 59.9 Å². The zero-order chi connectivity index (χ0) is 31.5. The number of carbonyl (C=O) groups is 2. The third-order valence-corrected chi connectivity index (χ3v) is 6.68. The van der Waals surface area contributed by atoms with Gasteiger partial charge in [0.05, 0.1) is 44.7 Å². The molecule has 0 heterocycles. The fraction of sp³-hybridized carbons (Fsp3) is 0.360. The van der Waals surface area contributed by atoms with Crippen LogP contribution in [-0.2, 0) is 11.0 Å². The highest BCUT2D eigenvalue weighted by Crippen LogP contribution is 2.41. The number of nitrogens with one attached hydrogen (secondary N) is 2. The second kappa shape index (κ2) is 13.1. The summed E-state index contributed by atoms with van der Waals surface area (Å²) in [6.45, 7) is 2.10. The van der Waals surface area contributed by atoms with Crippen molar-refractivity contribution in [1.82, 2.24) is 10.6 Å². The Balaban J connectivity index is 2.33. The van der Waals surface area contributed by atoms with Crippen LogP contribution in [0, 0.1) is 5.92 Å². The van der Waals surface area contributed by atoms with E-state index in [1.54, 1.807) is 0 Å². The van der Waals surface area contributed by atoms with Crippen LogP contribution in [0.2, 0.25) is 15.1 Å². The average molecular weight is 658 g/mol. The van der Waals surface area contributed by atoms with Crippen LogP contribution in [0.1, 0.15) is 53.2 Å². The fourth-order valence-electron chi connectivity index (χ4n) is 3.58. The van der Waals surface area contributed by atoms with Crippen molar-refractivity contribution >= 4 is 52.7 Å². The summed E-state index contributed by atoms with van der Waals surface area (Å²) in [5.41, 5.74) is -3.23. The molecule has 41 heavy (non-hydrogen) atoms. The van der Waals surface area contributed by atoms with Gasteiger partial charge in [0.25, 0.3) is 5.91 Å². The van der Waals surface area contributed by atoms with Crippen LogP contribution in [0.4, 0.5) is 39.5 Å². The standard InChI is InChI=1S/C25H20Cl3F9N2O2/c1-11(10-23(29,30)31)21(40)38-12(2)39-22(41)15-5-3-13(7-17(15)25(35,36)37)4-6-16(24(32,33)34)14-8-18(26)20(28)19(27)9-14/h3-9,11-12,16H,10H2,1-2H3,(H,38,40)(H,39,41)/t11?,12-,16?/m1/s1. The molecular formula is C25H20Cl3F9N2O2. The second-order valence-corrected chi connectivity index (χ2v) is 10.1. The molecule has 2 N–H and O–H groups in total. The normalized spacial score (nSPS) is 15.0. The predicted octanol–water partition coefficient (Wildman–Crippen LogP) is 8.81. The number of alkyl halides is 9. The summed E-state index contributed by atoms with van der Waals surface area (Å²) in [5.74, 6) is -6.32. The molecule has 0 aromatic heterocycles. The second-order valence-electron chi connectivity index (χ2n) is 8.90. The molecule has 2 amide bonds. The Morgan fingerprint density at radius 3 is 1.93 bits per heavy atom. The Kier molecular flexibility index (Phi) is 11.1. The number of allylic oxidation sites excluding steroid dienone is 1. The van der Waals surface area contributed by atoms with Crippen molar-refractivity contribution in [1.29, 1.82) is 0 Å². The molecule has 226 valence electrons. The van der Waals surface area contributed by atoms with Crippen molar-refractivity contribution in [2.45, 2.75) is 50.9 Å². The van der Waals surface area contributed by atoms with Gasteiger partial charge in [-0.05, 0) is 42.3 Å². The van der Waals surface area contributed by atoms with E-state index in [0.29, 0.717) is 18.2 Å². The van der Waals surface area contributed by atoms with Gasteiger partial charge in [-0.25, -0.2) is 0 Å². The summed E-state index contributed by atoms with van der Waals surface area (Å²) in [4.78, 5) is 24.5. The van der Waals surface area contributed by atoms with E-state index in [4.69, 9.17) is 34.8 Å². The van der Waals surface area contributed by atoms with Crippen molar-refractivity contribution in [3.8, 4) is 0 Å². The van der Waals surface area contributed by atoms with Gasteiger partial charge in [-0.3, -0.25) is 9.59 Å². The first-order chi connectivity index (χ1) is 18.6. The summed E-state index contributed by atoms with van der Waals surface area (Å²) in [6, 6.07) is 3.92. The van der Waals surface area contributed by atoms with E-state index < -0.39 is 71.5 Å². The molecular weight excluding hydrogens is 638 g/mol. The highest BCUT2D eigenvalue weighted by atomic mass is 35.5. The average Bonchev–Trinajstić information content (AvgIpc) is 2.79. The Hall–Kier alpha value is -2.64. The first-order valence-electron chi connectivity index (χ1n) is 11.4. The highest BCUT2D eigenvalue weighted by molar-refractivity contribution is 6.48. The Morgan fingerprint density at radius 1 is 0.878 bits per heavy atom. The molecule has 2 unspecified atom stereocenters. The van der Waals surface area contributed by atoms with Gasteiger partial charge in [0, 0.05) is 5.92 Å². The summed E-state index contributed by atoms with van der Waals surface area (Å²) in [7, 11) is 0. The minimum Gasteiger partial charge on any atom is -0.336 e. The van der Waals surface area contributed by atoms with Crippen LogP contribution in [-0.4, -0.2) is 30.3 Å². The number of rotatable bonds is 8. The molecule has 4 nitrogen and oxygen atoms in total. The van der Waals surface area contributed by atoms with Gasteiger partial charge in [0.15, 0.2) is 0 Å². The summed E-state index contributed by atoms with van der Waals surface area (Å²) < 4.78 is 120. The highest BCUT2D eigenvalue weighted by Gasteiger charge is 2.40. The minimum atomic E-state index is -5.13. The third-order valence-electron chi connectivity index (χ3n) is 5.48. The zero-order valence-corrected chi connectivity index (χ0v) is 23.1. The molecule has 0 saturated heterocycles. The number of carbonyl (C=O) groups excluding carboxylic acids is 2. The molecule has 0 fully saturated rings. The number of halogens is 12. The molecule has 2 aromatic carbocycles. The van der Waals surface area contributed by atoms with Crippen LogP contribution < -0.4 is 10.6 Å². The number of hydrogen-bond acceptors (Lipinski definition) is 2. The first-order valence-corrected chi connectivity index (χ1v) is 12.5. The molecule has 0 saturated carbocycles. The topological polar surface area (TPSA) is 58.2 Å². The molecule has 0 spiro atoms. The molecule has 2 aromatic rings. The van der Waals surface area contributed by atoms with E-state index in [9.17, 15) is 49.1 Å². The molecule has 0 aliphatic carbocycles. The summed E-state index contributed by atoms with van der Waals surface area (Å²) >= 11 is 17.4. The van der Waals surface area contributed by atoms with E-state index in [-0.39, 0.29) is 20.6 Å². The van der Waals surface area contributed by atoms with Crippen molar-refractivity contribution in [3.05, 3.63) is 73.7 Å². The van der Waals surface area contributed by atoms with Crippen molar-refractivity contribution in [2.24, 2.45) is 5.92 Å². The Morgan fingerprint density at radius 2 is 1.44 bits per heavy atom. The van der Waals surface area contributed by atoms with Gasteiger partial charge in [-0.2, -0.15) is 39.5 Å². The van der Waals surface area contributed by atoms with Gasteiger partial charge in [0.2, 0.25) is 5.91 Å². The summed E-state index contributed by atoms with van der Waals surface area (Å²) in [6.07, 6.45) is -16.2. The third kappa shape index (κ3) is 10.00. The van der Waals surface area contributed by atoms with Crippen LogP contribution >= 0.6 is 34.8 Å². The largest absolute Gasteiger partial charge is 0.417 e. The lowest BCUT2D eigenvalue weighted by atomic mass is 9.96. The molecule has 0 radical (unpaired) electrons. The SMILES string of the molecule is CC(CC(F)(F)F)C(=O)N[C@@H](C)NC(=O)c1ccc(C=CC(c2cc(Cl)c(Cl)c(Cl)c2)C(F)(F)F)cc1C(F)(F)F. The van der Waals surface area contributed by atoms with E-state index >= 15 is 0 Å². The smallest absolute Gasteiger partial charge is 0.336 e. The number of hydrogen-bond donors (Lipinski definition) is 2. The minimum absolute atomic E-state index is 0.185. The quantitative estimate of drug-likeness (QED) is 0.169. The number of benzene rings is 2. The summed E-state index contributed by atoms with van der Waals surface area (Å²) in [5, 5.41) is 3.35. The maximum atomic E-state index is 13.8. The molecule has 0 aliphatic heterocycles. The zero-order valence-electron chi connectivity index (χ0n) is 20.8. The van der Waals surface area contributed by atoms with E-state index in [0.717, 1.165) is 38.1 Å². The maximum absolute atomic E-state index is 13.8. The van der Waals surface area contributed by atoms with Gasteiger partial charge in [0.1, 0.15) is 0 Å². The Bertz CT molecular complexity index is 1290. The fourth-order valence-corrected chi connectivity index (χ4v) is 4.19. The van der Waals surface area contributed by atoms with Gasteiger partial charge in [-0.15, -0.1) is 0 Å². The van der Waals surface area contributed by atoms with E-state index in [1.807, 2.05) is 10.6 Å². The first kappa shape index (κ1) is 34.6. The molecule has 3 atom stereocenters. The molecule has 16 heteroatoms.